The lowest BCUT2D eigenvalue weighted by atomic mass is 9.98. The minimum atomic E-state index is -1.72. The molecule has 0 saturated heterocycles. The molecule has 0 radical (unpaired) electrons. The molecule has 1 amide bonds. The first kappa shape index (κ1) is 23.6. The number of hydrogen-bond acceptors (Lipinski definition) is 4. The van der Waals surface area contributed by atoms with Crippen LogP contribution < -0.4 is 14.4 Å². The Kier molecular flexibility index (Phi) is 6.74. The van der Waals surface area contributed by atoms with Crippen molar-refractivity contribution in [2.24, 2.45) is 0 Å². The van der Waals surface area contributed by atoms with Crippen LogP contribution in [0.4, 0.5) is 14.5 Å². The van der Waals surface area contributed by atoms with Gasteiger partial charge >= 0.3 is 0 Å². The van der Waals surface area contributed by atoms with Crippen molar-refractivity contribution in [2.75, 3.05) is 18.5 Å². The monoisotopic (exact) mass is 484 g/mol. The van der Waals surface area contributed by atoms with Crippen LogP contribution in [-0.2, 0) is 24.0 Å². The summed E-state index contributed by atoms with van der Waals surface area (Å²) in [7, 11) is 1.44. The molecule has 3 aromatic carbocycles. The normalized spacial score (nSPS) is 17.3. The Bertz CT molecular complexity index is 1280. The summed E-state index contributed by atoms with van der Waals surface area (Å²) in [5, 5.41) is 1.83. The van der Waals surface area contributed by atoms with Crippen molar-refractivity contribution in [3.8, 4) is 5.75 Å². The second-order valence-corrected chi connectivity index (χ2v) is 9.51. The minimum absolute atomic E-state index is 0.0275. The van der Waals surface area contributed by atoms with Gasteiger partial charge in [0.05, 0.1) is 12.8 Å². The Morgan fingerprint density at radius 3 is 2.41 bits per heavy atom. The molecule has 9 heteroatoms. The number of carbonyl (C=O) groups is 2. The van der Waals surface area contributed by atoms with E-state index in [-0.39, 0.29) is 30.0 Å². The van der Waals surface area contributed by atoms with Crippen LogP contribution in [-0.4, -0.2) is 35.3 Å². The summed E-state index contributed by atoms with van der Waals surface area (Å²) in [6.45, 7) is 0.288. The van der Waals surface area contributed by atoms with Crippen molar-refractivity contribution in [1.29, 1.82) is 0 Å². The van der Waals surface area contributed by atoms with Gasteiger partial charge in [0.15, 0.2) is 17.4 Å². The number of rotatable bonds is 6. The van der Waals surface area contributed by atoms with E-state index in [1.807, 2.05) is 12.1 Å². The standard InChI is InChI=1S/C25H22F2N2O4S/c1-29-22-10-6-17(25(31)28-14-15-3-7-18(33-2)8-4-15)13-19(22)24(30)23(34(29)32)12-16-5-9-20(26)21(27)11-16/h3-11,13,23H,12,14H2,1-2H3,(H,28,31). The Hall–Kier alpha value is -3.59. The van der Waals surface area contributed by atoms with Crippen molar-refractivity contribution in [3.05, 3.63) is 94.6 Å². The number of anilines is 1. The van der Waals surface area contributed by atoms with E-state index in [4.69, 9.17) is 4.74 Å². The third kappa shape index (κ3) is 4.70. The smallest absolute Gasteiger partial charge is 0.251 e. The van der Waals surface area contributed by atoms with Crippen molar-refractivity contribution < 1.29 is 27.3 Å². The van der Waals surface area contributed by atoms with E-state index in [1.165, 1.54) is 16.4 Å². The highest BCUT2D eigenvalue weighted by atomic mass is 32.2. The maximum absolute atomic E-state index is 13.6. The van der Waals surface area contributed by atoms with Crippen molar-refractivity contribution >= 4 is 28.4 Å². The number of methoxy groups -OCH3 is 1. The van der Waals surface area contributed by atoms with Gasteiger partial charge in [-0.1, -0.05) is 18.2 Å². The highest BCUT2D eigenvalue weighted by Gasteiger charge is 2.37. The fourth-order valence-corrected chi connectivity index (χ4v) is 5.15. The maximum Gasteiger partial charge on any atom is 0.251 e. The Morgan fingerprint density at radius 2 is 1.74 bits per heavy atom. The van der Waals surface area contributed by atoms with Crippen LogP contribution in [0.2, 0.25) is 0 Å². The largest absolute Gasteiger partial charge is 0.497 e. The molecule has 176 valence electrons. The molecule has 1 aliphatic rings. The number of nitrogens with one attached hydrogen (secondary N) is 1. The first-order valence-electron chi connectivity index (χ1n) is 10.5. The zero-order valence-corrected chi connectivity index (χ0v) is 19.3. The van der Waals surface area contributed by atoms with Crippen LogP contribution in [0, 0.1) is 11.6 Å². The number of hydrogen-bond donors (Lipinski definition) is 1. The van der Waals surface area contributed by atoms with Gasteiger partial charge in [0.1, 0.15) is 22.0 Å². The molecule has 0 saturated carbocycles. The summed E-state index contributed by atoms with van der Waals surface area (Å²) in [4.78, 5) is 25.9. The van der Waals surface area contributed by atoms with Gasteiger partial charge in [0.25, 0.3) is 5.91 Å². The molecule has 0 bridgehead atoms. The fraction of sp³-hybridized carbons (Fsp3) is 0.200. The predicted molar refractivity (Wildman–Crippen MR) is 125 cm³/mol. The molecule has 34 heavy (non-hydrogen) atoms. The Morgan fingerprint density at radius 1 is 1.03 bits per heavy atom. The topological polar surface area (TPSA) is 75.7 Å². The van der Waals surface area contributed by atoms with Gasteiger partial charge in [-0.15, -0.1) is 0 Å². The highest BCUT2D eigenvalue weighted by Crippen LogP contribution is 2.32. The molecule has 0 aromatic heterocycles. The average molecular weight is 485 g/mol. The average Bonchev–Trinajstić information content (AvgIpc) is 2.85. The second kappa shape index (κ2) is 9.72. The molecule has 2 unspecified atom stereocenters. The molecule has 1 N–H and O–H groups in total. The van der Waals surface area contributed by atoms with E-state index in [2.05, 4.69) is 5.32 Å². The van der Waals surface area contributed by atoms with Gasteiger partial charge in [-0.25, -0.2) is 13.0 Å². The van der Waals surface area contributed by atoms with Gasteiger partial charge in [-0.05, 0) is 60.0 Å². The molecular formula is C25H22F2N2O4S. The number of ketones is 1. The zero-order chi connectivity index (χ0) is 24.4. The summed E-state index contributed by atoms with van der Waals surface area (Å²) < 4.78 is 46.4. The summed E-state index contributed by atoms with van der Waals surface area (Å²) in [5.41, 5.74) is 2.22. The first-order valence-corrected chi connectivity index (χ1v) is 11.6. The van der Waals surface area contributed by atoms with Crippen LogP contribution in [0.1, 0.15) is 31.8 Å². The molecule has 0 spiro atoms. The Labute approximate surface area is 198 Å². The van der Waals surface area contributed by atoms with Gasteiger partial charge < -0.3 is 10.1 Å². The van der Waals surface area contributed by atoms with E-state index in [0.29, 0.717) is 17.0 Å². The quantitative estimate of drug-likeness (QED) is 0.578. The van der Waals surface area contributed by atoms with Crippen molar-refractivity contribution in [1.82, 2.24) is 5.32 Å². The second-order valence-electron chi connectivity index (χ2n) is 7.84. The number of Topliss-reactive ketones (excluding diaryl/α,β-unsaturated/α-hetero) is 1. The van der Waals surface area contributed by atoms with Gasteiger partial charge in [-0.3, -0.25) is 13.9 Å². The molecule has 4 rings (SSSR count). The Balaban J connectivity index is 1.53. The van der Waals surface area contributed by atoms with Crippen LogP contribution >= 0.6 is 0 Å². The van der Waals surface area contributed by atoms with E-state index in [0.717, 1.165) is 17.7 Å². The molecule has 1 aliphatic heterocycles. The first-order chi connectivity index (χ1) is 16.3. The third-order valence-corrected chi connectivity index (χ3v) is 7.29. The molecule has 0 aliphatic carbocycles. The van der Waals surface area contributed by atoms with E-state index < -0.39 is 33.7 Å². The summed E-state index contributed by atoms with van der Waals surface area (Å²) in [5.74, 6) is -2.09. The maximum atomic E-state index is 13.6. The lowest BCUT2D eigenvalue weighted by molar-refractivity contribution is 0.0951. The van der Waals surface area contributed by atoms with E-state index in [1.54, 1.807) is 38.4 Å². The number of nitrogens with zero attached hydrogens (tertiary/aromatic N) is 1. The predicted octanol–water partition coefficient (Wildman–Crippen LogP) is 3.81. The third-order valence-electron chi connectivity index (χ3n) is 5.69. The molecular weight excluding hydrogens is 462 g/mol. The number of benzene rings is 3. The SMILES string of the molecule is COc1ccc(CNC(=O)c2ccc3c(c2)C(=O)C(Cc2ccc(F)c(F)c2)S(=O)N3C)cc1. The number of fused-ring (bicyclic) bond motifs is 1. The molecule has 2 atom stereocenters. The molecule has 6 nitrogen and oxygen atoms in total. The molecule has 1 heterocycles. The number of ether oxygens (including phenoxy) is 1. The van der Waals surface area contributed by atoms with Crippen molar-refractivity contribution in [2.45, 2.75) is 18.2 Å². The van der Waals surface area contributed by atoms with Gasteiger partial charge in [-0.2, -0.15) is 0 Å². The fourth-order valence-electron chi connectivity index (χ4n) is 3.77. The molecule has 0 fully saturated rings. The van der Waals surface area contributed by atoms with Crippen LogP contribution in [0.15, 0.2) is 60.7 Å². The number of halogens is 2. The summed E-state index contributed by atoms with van der Waals surface area (Å²) >= 11 is 0. The lowest BCUT2D eigenvalue weighted by Crippen LogP contribution is -2.42. The van der Waals surface area contributed by atoms with Crippen LogP contribution in [0.25, 0.3) is 0 Å². The zero-order valence-electron chi connectivity index (χ0n) is 18.5. The van der Waals surface area contributed by atoms with Crippen LogP contribution in [0.3, 0.4) is 0 Å². The van der Waals surface area contributed by atoms with E-state index >= 15 is 0 Å². The minimum Gasteiger partial charge on any atom is -0.497 e. The van der Waals surface area contributed by atoms with E-state index in [9.17, 15) is 22.6 Å². The van der Waals surface area contributed by atoms with Gasteiger partial charge in [0, 0.05) is 24.7 Å². The van der Waals surface area contributed by atoms with Gasteiger partial charge in [0.2, 0.25) is 0 Å². The summed E-state index contributed by atoms with van der Waals surface area (Å²) in [6.07, 6.45) is -0.0275. The highest BCUT2D eigenvalue weighted by molar-refractivity contribution is 7.88. The number of amides is 1. The van der Waals surface area contributed by atoms with Crippen molar-refractivity contribution in [3.63, 3.8) is 0 Å². The molecule has 3 aromatic rings. The van der Waals surface area contributed by atoms with Crippen LogP contribution in [0.5, 0.6) is 5.75 Å². The lowest BCUT2D eigenvalue weighted by Gasteiger charge is -2.31. The summed E-state index contributed by atoms with van der Waals surface area (Å²) in [6, 6.07) is 15.2. The number of carbonyl (C=O) groups excluding carboxylic acids is 2.